The van der Waals surface area contributed by atoms with Crippen molar-refractivity contribution in [3.05, 3.63) is 0 Å². The summed E-state index contributed by atoms with van der Waals surface area (Å²) in [5.41, 5.74) is 2.81. The van der Waals surface area contributed by atoms with E-state index in [9.17, 15) is 9.59 Å². The highest BCUT2D eigenvalue weighted by molar-refractivity contribution is 5.77. The Bertz CT molecular complexity index is 344. The number of carboxylic acid groups (broad SMARTS) is 1. The molecule has 0 aromatic carbocycles. The molecule has 2 amide bonds. The molecule has 2 fully saturated rings. The van der Waals surface area contributed by atoms with Gasteiger partial charge in [-0.25, -0.2) is 14.6 Å². The monoisotopic (exact) mass is 272 g/mol. The van der Waals surface area contributed by atoms with Gasteiger partial charge in [-0.05, 0) is 7.05 Å². The van der Waals surface area contributed by atoms with Crippen molar-refractivity contribution in [2.75, 3.05) is 52.9 Å². The van der Waals surface area contributed by atoms with E-state index in [-0.39, 0.29) is 19.2 Å². The largest absolute Gasteiger partial charge is 0.479 e. The van der Waals surface area contributed by atoms with Gasteiger partial charge in [-0.15, -0.1) is 0 Å². The second kappa shape index (κ2) is 6.18. The molecule has 0 bridgehead atoms. The van der Waals surface area contributed by atoms with Crippen LogP contribution in [0.15, 0.2) is 0 Å². The lowest BCUT2D eigenvalue weighted by atomic mass is 10.3. The normalized spacial score (nSPS) is 26.2. The van der Waals surface area contributed by atoms with Gasteiger partial charge in [-0.1, -0.05) is 0 Å². The topological polar surface area (TPSA) is 85.4 Å². The van der Waals surface area contributed by atoms with E-state index in [0.717, 1.165) is 26.2 Å². The molecule has 0 radical (unpaired) electrons. The molecule has 2 heterocycles. The van der Waals surface area contributed by atoms with Crippen LogP contribution in [-0.2, 0) is 9.53 Å². The number of aliphatic carboxylic acids is 1. The molecular formula is C11H20N4O4. The van der Waals surface area contributed by atoms with Gasteiger partial charge in [0.25, 0.3) is 0 Å². The average Bonchev–Trinajstić information content (AvgIpc) is 2.41. The first-order valence-corrected chi connectivity index (χ1v) is 6.39. The van der Waals surface area contributed by atoms with Crippen LogP contribution in [0, 0.1) is 0 Å². The van der Waals surface area contributed by atoms with Crippen LogP contribution in [0.4, 0.5) is 4.79 Å². The van der Waals surface area contributed by atoms with Crippen molar-refractivity contribution in [1.82, 2.24) is 20.2 Å². The minimum atomic E-state index is -1.03. The van der Waals surface area contributed by atoms with E-state index < -0.39 is 12.1 Å². The molecule has 2 rings (SSSR count). The van der Waals surface area contributed by atoms with E-state index in [1.807, 2.05) is 12.1 Å². The lowest BCUT2D eigenvalue weighted by Crippen LogP contribution is -2.58. The number of likely N-dealkylation sites (N-methyl/N-ethyl adjacent to an activating group) is 1. The fourth-order valence-electron chi connectivity index (χ4n) is 2.11. The predicted molar refractivity (Wildman–Crippen MR) is 66.6 cm³/mol. The Labute approximate surface area is 111 Å². The van der Waals surface area contributed by atoms with Crippen LogP contribution in [0.5, 0.6) is 0 Å². The number of amides is 2. The van der Waals surface area contributed by atoms with Gasteiger partial charge in [0.15, 0.2) is 6.10 Å². The summed E-state index contributed by atoms with van der Waals surface area (Å²) >= 11 is 0. The number of hydrogen-bond donors (Lipinski definition) is 2. The van der Waals surface area contributed by atoms with Crippen molar-refractivity contribution in [1.29, 1.82) is 0 Å². The van der Waals surface area contributed by atoms with E-state index in [1.54, 1.807) is 0 Å². The first kappa shape index (κ1) is 14.0. The molecule has 2 N–H and O–H groups in total. The van der Waals surface area contributed by atoms with Gasteiger partial charge in [0.05, 0.1) is 13.2 Å². The first-order chi connectivity index (χ1) is 9.06. The molecule has 8 heteroatoms. The summed E-state index contributed by atoms with van der Waals surface area (Å²) in [4.78, 5) is 26.6. The van der Waals surface area contributed by atoms with Crippen molar-refractivity contribution < 1.29 is 19.4 Å². The highest BCUT2D eigenvalue weighted by Crippen LogP contribution is 2.06. The number of urea groups is 1. The van der Waals surface area contributed by atoms with E-state index in [1.165, 1.54) is 4.90 Å². The molecule has 108 valence electrons. The van der Waals surface area contributed by atoms with Crippen LogP contribution in [0.2, 0.25) is 0 Å². The number of morpholine rings is 1. The fourth-order valence-corrected chi connectivity index (χ4v) is 2.11. The third-order valence-corrected chi connectivity index (χ3v) is 3.39. The smallest absolute Gasteiger partial charge is 0.334 e. The fraction of sp³-hybridized carbons (Fsp3) is 0.818. The second-order valence-electron chi connectivity index (χ2n) is 4.85. The minimum Gasteiger partial charge on any atom is -0.479 e. The third-order valence-electron chi connectivity index (χ3n) is 3.39. The number of hydrazine groups is 1. The van der Waals surface area contributed by atoms with Gasteiger partial charge in [-0.3, -0.25) is 5.43 Å². The Morgan fingerprint density at radius 3 is 2.53 bits per heavy atom. The molecule has 0 saturated carbocycles. The molecule has 2 aliphatic heterocycles. The van der Waals surface area contributed by atoms with Gasteiger partial charge in [-0.2, -0.15) is 0 Å². The Morgan fingerprint density at radius 2 is 1.89 bits per heavy atom. The Balaban J connectivity index is 1.80. The maximum atomic E-state index is 12.0. The van der Waals surface area contributed by atoms with Gasteiger partial charge in [0, 0.05) is 32.7 Å². The van der Waals surface area contributed by atoms with Crippen LogP contribution >= 0.6 is 0 Å². The molecule has 1 unspecified atom stereocenters. The van der Waals surface area contributed by atoms with Crippen LogP contribution < -0.4 is 5.43 Å². The molecule has 0 aliphatic carbocycles. The van der Waals surface area contributed by atoms with Crippen molar-refractivity contribution in [3.8, 4) is 0 Å². The van der Waals surface area contributed by atoms with Gasteiger partial charge < -0.3 is 19.6 Å². The first-order valence-electron chi connectivity index (χ1n) is 6.39. The number of carboxylic acids is 1. The number of carbonyl (C=O) groups excluding carboxylic acids is 1. The molecule has 8 nitrogen and oxygen atoms in total. The lowest BCUT2D eigenvalue weighted by Gasteiger charge is -2.36. The number of ether oxygens (including phenoxy) is 1. The molecule has 2 saturated heterocycles. The Kier molecular flexibility index (Phi) is 4.56. The van der Waals surface area contributed by atoms with E-state index in [0.29, 0.717) is 6.54 Å². The summed E-state index contributed by atoms with van der Waals surface area (Å²) in [6, 6.07) is -0.251. The molecule has 2 aliphatic rings. The molecule has 0 aromatic rings. The SMILES string of the molecule is CN1CCN(NC(=O)N2CCOC(C(=O)O)C2)CC1. The van der Waals surface area contributed by atoms with Crippen LogP contribution in [-0.4, -0.2) is 90.9 Å². The number of rotatable bonds is 2. The molecule has 1 atom stereocenters. The number of nitrogens with zero attached hydrogens (tertiary/aromatic N) is 3. The summed E-state index contributed by atoms with van der Waals surface area (Å²) < 4.78 is 5.08. The number of nitrogens with one attached hydrogen (secondary N) is 1. The highest BCUT2D eigenvalue weighted by Gasteiger charge is 2.29. The minimum absolute atomic E-state index is 0.0922. The maximum absolute atomic E-state index is 12.0. The zero-order chi connectivity index (χ0) is 13.8. The van der Waals surface area contributed by atoms with Gasteiger partial charge in [0.2, 0.25) is 0 Å². The number of piperazine rings is 1. The summed E-state index contributed by atoms with van der Waals surface area (Å²) in [5.74, 6) is -1.03. The Hall–Kier alpha value is -1.38. The number of carbonyl (C=O) groups is 2. The van der Waals surface area contributed by atoms with Crippen LogP contribution in [0.3, 0.4) is 0 Å². The van der Waals surface area contributed by atoms with E-state index in [2.05, 4.69) is 10.3 Å². The summed E-state index contributed by atoms with van der Waals surface area (Å²) in [7, 11) is 2.04. The average molecular weight is 272 g/mol. The maximum Gasteiger partial charge on any atom is 0.334 e. The quantitative estimate of drug-likeness (QED) is 0.646. The lowest BCUT2D eigenvalue weighted by molar-refractivity contribution is -0.154. The molecule has 19 heavy (non-hydrogen) atoms. The summed E-state index contributed by atoms with van der Waals surface area (Å²) in [6.45, 7) is 4.12. The zero-order valence-electron chi connectivity index (χ0n) is 11.0. The standard InChI is InChI=1S/C11H20N4O4/c1-13-2-4-15(5-3-13)12-11(18)14-6-7-19-9(8-14)10(16)17/h9H,2-8H2,1H3,(H,12,18)(H,16,17). The third kappa shape index (κ3) is 3.79. The van der Waals surface area contributed by atoms with Crippen molar-refractivity contribution in [3.63, 3.8) is 0 Å². The highest BCUT2D eigenvalue weighted by atomic mass is 16.5. The predicted octanol–water partition coefficient (Wildman–Crippen LogP) is -1.36. The van der Waals surface area contributed by atoms with Crippen molar-refractivity contribution in [2.24, 2.45) is 0 Å². The van der Waals surface area contributed by atoms with Crippen molar-refractivity contribution in [2.45, 2.75) is 6.10 Å². The molecule has 0 aromatic heterocycles. The Morgan fingerprint density at radius 1 is 1.21 bits per heavy atom. The van der Waals surface area contributed by atoms with Crippen LogP contribution in [0.1, 0.15) is 0 Å². The zero-order valence-corrected chi connectivity index (χ0v) is 11.0. The number of hydrogen-bond acceptors (Lipinski definition) is 5. The van der Waals surface area contributed by atoms with Crippen molar-refractivity contribution >= 4 is 12.0 Å². The van der Waals surface area contributed by atoms with Crippen LogP contribution in [0.25, 0.3) is 0 Å². The summed E-state index contributed by atoms with van der Waals surface area (Å²) in [6.07, 6.45) is -0.924. The summed E-state index contributed by atoms with van der Waals surface area (Å²) in [5, 5.41) is 10.8. The molecule has 0 spiro atoms. The van der Waals surface area contributed by atoms with E-state index in [4.69, 9.17) is 9.84 Å². The van der Waals surface area contributed by atoms with E-state index >= 15 is 0 Å². The van der Waals surface area contributed by atoms with Gasteiger partial charge in [0.1, 0.15) is 0 Å². The second-order valence-corrected chi connectivity index (χ2v) is 4.85. The molecular weight excluding hydrogens is 252 g/mol. The van der Waals surface area contributed by atoms with Gasteiger partial charge >= 0.3 is 12.0 Å².